The van der Waals surface area contributed by atoms with Crippen molar-refractivity contribution in [2.45, 2.75) is 79.8 Å². The van der Waals surface area contributed by atoms with Gasteiger partial charge in [-0.15, -0.1) is 0 Å². The van der Waals surface area contributed by atoms with E-state index in [2.05, 4.69) is 6.92 Å². The minimum absolute atomic E-state index is 0. The van der Waals surface area contributed by atoms with Crippen molar-refractivity contribution in [3.8, 4) is 22.6 Å². The minimum Gasteiger partial charge on any atom is -0.449 e. The first kappa shape index (κ1) is 42.6. The van der Waals surface area contributed by atoms with Crippen LogP contribution in [0.25, 0.3) is 11.1 Å². The molecule has 0 fully saturated rings. The number of carbonyl (C=O) groups is 2. The van der Waals surface area contributed by atoms with Crippen molar-refractivity contribution in [2.24, 2.45) is 0 Å². The van der Waals surface area contributed by atoms with E-state index in [0.717, 1.165) is 48.7 Å². The first-order valence-corrected chi connectivity index (χ1v) is 14.5. The van der Waals surface area contributed by atoms with Crippen molar-refractivity contribution >= 4 is 29.5 Å². The molecule has 0 saturated carbocycles. The maximum Gasteiger partial charge on any atom is 0.370 e. The molecule has 2 aromatic carbocycles. The molecular formula is C27H40O9P2Pr2. The van der Waals surface area contributed by atoms with Crippen LogP contribution in [-0.2, 0) is 39.1 Å². The van der Waals surface area contributed by atoms with Gasteiger partial charge in [-0.25, -0.2) is 4.57 Å². The van der Waals surface area contributed by atoms with Crippen LogP contribution in [0.5, 0.6) is 11.5 Å². The molecule has 0 amide bonds. The summed E-state index contributed by atoms with van der Waals surface area (Å²) in [6.45, 7) is 10.2. The molecule has 2 aromatic rings. The third-order valence-electron chi connectivity index (χ3n) is 4.99. The SMILES string of the molecule is CC=O.CCCCCc1cc(OPOC(C)OC(C)=O)c(-c2cccc(C)c2)c(O[PH](=O)OC(C)OC)c1.[Pr].[Pr]. The van der Waals surface area contributed by atoms with Gasteiger partial charge < -0.3 is 23.3 Å². The van der Waals surface area contributed by atoms with Crippen molar-refractivity contribution in [2.75, 3.05) is 7.11 Å². The Morgan fingerprint density at radius 3 is 2.30 bits per heavy atom. The molecule has 0 bridgehead atoms. The van der Waals surface area contributed by atoms with Gasteiger partial charge in [0.25, 0.3) is 0 Å². The zero-order valence-electron chi connectivity index (χ0n) is 24.4. The van der Waals surface area contributed by atoms with Crippen LogP contribution < -0.4 is 9.05 Å². The molecule has 0 aromatic heterocycles. The molecule has 0 spiro atoms. The van der Waals surface area contributed by atoms with Crippen molar-refractivity contribution < 1.29 is 124 Å². The summed E-state index contributed by atoms with van der Waals surface area (Å²) in [5.74, 6) is 0.471. The smallest absolute Gasteiger partial charge is 0.370 e. The van der Waals surface area contributed by atoms with Crippen molar-refractivity contribution in [3.05, 3.63) is 47.5 Å². The summed E-state index contributed by atoms with van der Waals surface area (Å²) in [6, 6.07) is 11.7. The molecule has 9 nitrogen and oxygen atoms in total. The van der Waals surface area contributed by atoms with E-state index in [9.17, 15) is 9.36 Å². The van der Waals surface area contributed by atoms with Crippen LogP contribution >= 0.6 is 17.3 Å². The summed E-state index contributed by atoms with van der Waals surface area (Å²) < 4.78 is 45.5. The Hall–Kier alpha value is 0.447. The van der Waals surface area contributed by atoms with Gasteiger partial charge in [-0.05, 0) is 63.8 Å². The third-order valence-corrected chi connectivity index (χ3v) is 6.63. The van der Waals surface area contributed by atoms with Crippen LogP contribution in [0.4, 0.5) is 0 Å². The Bertz CT molecular complexity index is 1040. The number of ether oxygens (including phenoxy) is 2. The molecule has 0 aliphatic carbocycles. The van der Waals surface area contributed by atoms with E-state index in [4.69, 9.17) is 32.4 Å². The fourth-order valence-corrected chi connectivity index (χ4v) is 4.54. The molecule has 218 valence electrons. The number of hydrogen-bond acceptors (Lipinski definition) is 9. The average Bonchev–Trinajstić information content (AvgIpc) is 2.84. The number of hydrogen-bond donors (Lipinski definition) is 0. The molecule has 4 unspecified atom stereocenters. The molecule has 0 aliphatic heterocycles. The van der Waals surface area contributed by atoms with E-state index in [-0.39, 0.29) is 82.6 Å². The first-order valence-electron chi connectivity index (χ1n) is 12.4. The van der Waals surface area contributed by atoms with Gasteiger partial charge in [0, 0.05) is 96.6 Å². The van der Waals surface area contributed by atoms with Crippen molar-refractivity contribution in [3.63, 3.8) is 0 Å². The summed E-state index contributed by atoms with van der Waals surface area (Å²) in [4.78, 5) is 20.0. The minimum atomic E-state index is -2.91. The average molecular weight is 852 g/mol. The molecule has 0 heterocycles. The Labute approximate surface area is 307 Å². The Morgan fingerprint density at radius 1 is 1.07 bits per heavy atom. The van der Waals surface area contributed by atoms with Crippen LogP contribution in [0.15, 0.2) is 36.4 Å². The number of carbonyl (C=O) groups excluding carboxylic acids is 2. The van der Waals surface area contributed by atoms with E-state index in [1.165, 1.54) is 21.0 Å². The fraction of sp³-hybridized carbons (Fsp3) is 0.481. The van der Waals surface area contributed by atoms with Gasteiger partial charge in [0.1, 0.15) is 17.8 Å². The van der Waals surface area contributed by atoms with Gasteiger partial charge in [0.15, 0.2) is 6.29 Å². The molecule has 2 rings (SSSR count). The second-order valence-corrected chi connectivity index (χ2v) is 9.83. The second kappa shape index (κ2) is 24.8. The van der Waals surface area contributed by atoms with Gasteiger partial charge in [-0.3, -0.25) is 13.8 Å². The predicted octanol–water partition coefficient (Wildman–Crippen LogP) is 7.19. The number of benzene rings is 2. The molecule has 0 aliphatic rings. The summed E-state index contributed by atoms with van der Waals surface area (Å²) in [5.41, 5.74) is 3.50. The van der Waals surface area contributed by atoms with E-state index < -0.39 is 35.8 Å². The van der Waals surface area contributed by atoms with Crippen molar-refractivity contribution in [1.29, 1.82) is 0 Å². The van der Waals surface area contributed by atoms with E-state index in [1.807, 2.05) is 43.3 Å². The summed E-state index contributed by atoms with van der Waals surface area (Å²) >= 11 is 0. The number of rotatable bonds is 15. The number of esters is 1. The van der Waals surface area contributed by atoms with Crippen molar-refractivity contribution in [1.82, 2.24) is 0 Å². The summed E-state index contributed by atoms with van der Waals surface area (Å²) in [7, 11) is -1.88. The Morgan fingerprint density at radius 2 is 1.73 bits per heavy atom. The maximum absolute atomic E-state index is 12.7. The monoisotopic (exact) mass is 852 g/mol. The van der Waals surface area contributed by atoms with Gasteiger partial charge in [-0.2, -0.15) is 0 Å². The molecule has 2 radical (unpaired) electrons. The topological polar surface area (TPSA) is 107 Å². The Kier molecular flexibility index (Phi) is 26.4. The normalized spacial score (nSPS) is 12.6. The van der Waals surface area contributed by atoms with Crippen LogP contribution in [0.3, 0.4) is 0 Å². The summed E-state index contributed by atoms with van der Waals surface area (Å²) in [5, 5.41) is 0. The molecule has 0 saturated heterocycles. The molecule has 13 heteroatoms. The second-order valence-electron chi connectivity index (χ2n) is 8.28. The number of methoxy groups -OCH3 is 1. The first-order chi connectivity index (χ1) is 18.1. The van der Waals surface area contributed by atoms with Gasteiger partial charge >= 0.3 is 14.2 Å². The van der Waals surface area contributed by atoms with Gasteiger partial charge in [0.2, 0.25) is 15.3 Å². The molecular weight excluding hydrogens is 812 g/mol. The van der Waals surface area contributed by atoms with E-state index in [0.29, 0.717) is 17.1 Å². The van der Waals surface area contributed by atoms with Crippen LogP contribution in [0.2, 0.25) is 0 Å². The number of aldehydes is 1. The quantitative estimate of drug-likeness (QED) is 0.0606. The number of aryl methyl sites for hydroxylation is 2. The van der Waals surface area contributed by atoms with E-state index in [1.54, 1.807) is 13.8 Å². The zero-order chi connectivity index (χ0) is 28.5. The van der Waals surface area contributed by atoms with Gasteiger partial charge in [-0.1, -0.05) is 49.6 Å². The fourth-order valence-electron chi connectivity index (χ4n) is 3.31. The zero-order valence-corrected chi connectivity index (χ0v) is 33.8. The van der Waals surface area contributed by atoms with Crippen LogP contribution in [-0.4, -0.2) is 31.9 Å². The summed E-state index contributed by atoms with van der Waals surface area (Å²) in [6.07, 6.45) is 3.30. The van der Waals surface area contributed by atoms with E-state index >= 15 is 0 Å². The number of unbranched alkanes of at least 4 members (excludes halogenated alkanes) is 2. The van der Waals surface area contributed by atoms with Gasteiger partial charge in [0.05, 0.1) is 5.56 Å². The largest absolute Gasteiger partial charge is 0.449 e. The third kappa shape index (κ3) is 17.5. The standard InChI is InChI=1S/C25H36O8P2.C2H4O.2Pr/c1-7-8-9-12-21-15-23(31-34-30-20(5)29-18(3)26)25(22-13-10-11-17(2)14-22)24(16-21)33-35(27)32-19(4)28-6;1-2-3;;/h10-11,13-16,19-20,34-35H,7-9,12H2,1-6H3;2H,1H3;;. The van der Waals surface area contributed by atoms with Crippen LogP contribution in [0.1, 0.15) is 65.0 Å². The molecule has 4 atom stereocenters. The van der Waals surface area contributed by atoms with Crippen LogP contribution in [0, 0.1) is 89.5 Å². The Balaban J connectivity index is 0. The molecule has 40 heavy (non-hydrogen) atoms. The molecule has 0 N–H and O–H groups in total. The maximum atomic E-state index is 12.7. The predicted molar refractivity (Wildman–Crippen MR) is 150 cm³/mol.